The van der Waals surface area contributed by atoms with Gasteiger partial charge in [-0.1, -0.05) is 41.9 Å². The van der Waals surface area contributed by atoms with Crippen molar-refractivity contribution in [3.63, 3.8) is 0 Å². The predicted molar refractivity (Wildman–Crippen MR) is 44.2 cm³/mol. The van der Waals surface area contributed by atoms with Crippen LogP contribution in [0.15, 0.2) is 30.3 Å². The molecule has 2 N–H and O–H groups in total. The van der Waals surface area contributed by atoms with E-state index in [0.717, 1.165) is 0 Å². The van der Waals surface area contributed by atoms with Gasteiger partial charge in [0.25, 0.3) is 0 Å². The molecule has 0 aromatic heterocycles. The van der Waals surface area contributed by atoms with E-state index >= 15 is 0 Å². The average Bonchev–Trinajstić information content (AvgIpc) is 2.04. The first kappa shape index (κ1) is 10.3. The van der Waals surface area contributed by atoms with Crippen LogP contribution in [-0.4, -0.2) is 6.18 Å². The lowest BCUT2D eigenvalue weighted by Crippen LogP contribution is -2.45. The Hall–Kier alpha value is -0.740. The number of hydrogen-bond donors (Lipinski definition) is 1. The Morgan fingerprint density at radius 1 is 1.08 bits per heavy atom. The zero-order chi connectivity index (χ0) is 10.1. The molecule has 1 atom stereocenters. The molecule has 0 radical (unpaired) electrons. The summed E-state index contributed by atoms with van der Waals surface area (Å²) in [6.45, 7) is 0. The molecule has 0 saturated heterocycles. The summed E-state index contributed by atoms with van der Waals surface area (Å²) in [5.74, 6) is 0. The minimum atomic E-state index is -4.66. The highest BCUT2D eigenvalue weighted by Crippen LogP contribution is 2.39. The smallest absolute Gasteiger partial charge is 0.301 e. The SMILES string of the molecule is NC(Cl)(c1ccccc1)C(F)(F)F. The van der Waals surface area contributed by atoms with E-state index in [9.17, 15) is 13.2 Å². The number of nitrogens with two attached hydrogens (primary N) is 1. The molecule has 72 valence electrons. The molecule has 1 unspecified atom stereocenters. The van der Waals surface area contributed by atoms with Crippen LogP contribution in [0.5, 0.6) is 0 Å². The molecule has 0 aliphatic heterocycles. The van der Waals surface area contributed by atoms with E-state index in [2.05, 4.69) is 0 Å². The molecule has 0 saturated carbocycles. The molecule has 0 heterocycles. The van der Waals surface area contributed by atoms with Crippen molar-refractivity contribution < 1.29 is 13.2 Å². The van der Waals surface area contributed by atoms with E-state index in [1.807, 2.05) is 0 Å². The number of halogens is 4. The number of benzene rings is 1. The first-order chi connectivity index (χ1) is 5.86. The number of rotatable bonds is 1. The standard InChI is InChI=1S/C8H7ClF3N/c9-7(13,8(10,11)12)6-4-2-1-3-5-6/h1-5H,13H2. The van der Waals surface area contributed by atoms with E-state index in [1.54, 1.807) is 6.07 Å². The molecule has 0 fully saturated rings. The summed E-state index contributed by atoms with van der Waals surface area (Å²) in [5.41, 5.74) is 4.79. The van der Waals surface area contributed by atoms with Gasteiger partial charge in [0, 0.05) is 0 Å². The molecule has 0 aliphatic carbocycles. The van der Waals surface area contributed by atoms with Crippen molar-refractivity contribution in [3.05, 3.63) is 35.9 Å². The van der Waals surface area contributed by atoms with Gasteiger partial charge in [-0.3, -0.25) is 0 Å². The van der Waals surface area contributed by atoms with Gasteiger partial charge in [-0.2, -0.15) is 13.2 Å². The van der Waals surface area contributed by atoms with Crippen LogP contribution >= 0.6 is 11.6 Å². The fraction of sp³-hybridized carbons (Fsp3) is 0.250. The Kier molecular flexibility index (Phi) is 2.54. The summed E-state index contributed by atoms with van der Waals surface area (Å²) in [6, 6.07) is 6.96. The van der Waals surface area contributed by atoms with Gasteiger partial charge < -0.3 is 5.73 Å². The maximum absolute atomic E-state index is 12.3. The molecule has 0 aliphatic rings. The quantitative estimate of drug-likeness (QED) is 0.558. The monoisotopic (exact) mass is 209 g/mol. The van der Waals surface area contributed by atoms with Crippen LogP contribution in [0.4, 0.5) is 13.2 Å². The van der Waals surface area contributed by atoms with Crippen molar-refractivity contribution in [2.75, 3.05) is 0 Å². The third kappa shape index (κ3) is 1.95. The molecule has 1 rings (SSSR count). The van der Waals surface area contributed by atoms with Crippen LogP contribution in [0.25, 0.3) is 0 Å². The lowest BCUT2D eigenvalue weighted by molar-refractivity contribution is -0.163. The van der Waals surface area contributed by atoms with Crippen LogP contribution in [-0.2, 0) is 5.00 Å². The molecule has 5 heteroatoms. The number of hydrogen-bond acceptors (Lipinski definition) is 1. The van der Waals surface area contributed by atoms with Gasteiger partial charge >= 0.3 is 6.18 Å². The van der Waals surface area contributed by atoms with Gasteiger partial charge in [0.05, 0.1) is 0 Å². The van der Waals surface area contributed by atoms with Gasteiger partial charge in [0.1, 0.15) is 0 Å². The highest BCUT2D eigenvalue weighted by molar-refractivity contribution is 6.24. The van der Waals surface area contributed by atoms with Crippen molar-refractivity contribution in [2.45, 2.75) is 11.2 Å². The molecule has 0 amide bonds. The maximum Gasteiger partial charge on any atom is 0.424 e. The second kappa shape index (κ2) is 3.20. The lowest BCUT2D eigenvalue weighted by Gasteiger charge is -2.25. The maximum atomic E-state index is 12.3. The zero-order valence-electron chi connectivity index (χ0n) is 6.48. The summed E-state index contributed by atoms with van der Waals surface area (Å²) < 4.78 is 36.8. The van der Waals surface area contributed by atoms with E-state index in [0.29, 0.717) is 0 Å². The van der Waals surface area contributed by atoms with Crippen molar-refractivity contribution in [2.24, 2.45) is 5.73 Å². The summed E-state index contributed by atoms with van der Waals surface area (Å²) >= 11 is 5.19. The van der Waals surface area contributed by atoms with Gasteiger partial charge in [0.15, 0.2) is 0 Å². The predicted octanol–water partition coefficient (Wildman–Crippen LogP) is 2.60. The van der Waals surface area contributed by atoms with E-state index in [1.165, 1.54) is 24.3 Å². The highest BCUT2D eigenvalue weighted by atomic mass is 35.5. The van der Waals surface area contributed by atoms with Crippen LogP contribution in [0.3, 0.4) is 0 Å². The minimum Gasteiger partial charge on any atom is -0.301 e. The van der Waals surface area contributed by atoms with Gasteiger partial charge in [-0.15, -0.1) is 0 Å². The lowest BCUT2D eigenvalue weighted by atomic mass is 10.1. The molecule has 0 spiro atoms. The largest absolute Gasteiger partial charge is 0.424 e. The van der Waals surface area contributed by atoms with Crippen LogP contribution in [0.2, 0.25) is 0 Å². The van der Waals surface area contributed by atoms with Crippen LogP contribution in [0, 0.1) is 0 Å². The summed E-state index contributed by atoms with van der Waals surface area (Å²) in [7, 11) is 0. The third-order valence-electron chi connectivity index (χ3n) is 1.61. The average molecular weight is 210 g/mol. The topological polar surface area (TPSA) is 26.0 Å². The fourth-order valence-corrected chi connectivity index (χ4v) is 0.970. The first-order valence-corrected chi connectivity index (χ1v) is 3.83. The van der Waals surface area contributed by atoms with E-state index < -0.39 is 11.2 Å². The Morgan fingerprint density at radius 2 is 1.54 bits per heavy atom. The Balaban J connectivity index is 3.08. The second-order valence-corrected chi connectivity index (χ2v) is 3.17. The highest BCUT2D eigenvalue weighted by Gasteiger charge is 2.51. The third-order valence-corrected chi connectivity index (χ3v) is 2.04. The van der Waals surface area contributed by atoms with E-state index in [4.69, 9.17) is 17.3 Å². The van der Waals surface area contributed by atoms with Crippen molar-refractivity contribution in [1.82, 2.24) is 0 Å². The van der Waals surface area contributed by atoms with Gasteiger partial charge in [0.2, 0.25) is 5.00 Å². The molecule has 1 nitrogen and oxygen atoms in total. The van der Waals surface area contributed by atoms with Crippen LogP contribution < -0.4 is 5.73 Å². The Labute approximate surface area is 78.3 Å². The molecular formula is C8H7ClF3N. The molecule has 1 aromatic carbocycles. The van der Waals surface area contributed by atoms with Crippen LogP contribution in [0.1, 0.15) is 5.56 Å². The Bertz CT molecular complexity index is 281. The number of alkyl halides is 4. The molecule has 1 aromatic rings. The van der Waals surface area contributed by atoms with Gasteiger partial charge in [-0.05, 0) is 5.56 Å². The van der Waals surface area contributed by atoms with E-state index in [-0.39, 0.29) is 5.56 Å². The van der Waals surface area contributed by atoms with Crippen molar-refractivity contribution in [3.8, 4) is 0 Å². The first-order valence-electron chi connectivity index (χ1n) is 3.46. The second-order valence-electron chi connectivity index (χ2n) is 2.58. The van der Waals surface area contributed by atoms with Crippen molar-refractivity contribution in [1.29, 1.82) is 0 Å². The summed E-state index contributed by atoms with van der Waals surface area (Å²) in [5, 5.41) is 0. The summed E-state index contributed by atoms with van der Waals surface area (Å²) in [6.07, 6.45) is -4.66. The fourth-order valence-electron chi connectivity index (χ4n) is 0.844. The zero-order valence-corrected chi connectivity index (χ0v) is 7.23. The summed E-state index contributed by atoms with van der Waals surface area (Å²) in [4.78, 5) is -2.80. The minimum absolute atomic E-state index is 0.163. The normalized spacial score (nSPS) is 16.7. The van der Waals surface area contributed by atoms with Gasteiger partial charge in [-0.25, -0.2) is 0 Å². The molecule has 0 bridgehead atoms. The van der Waals surface area contributed by atoms with Crippen molar-refractivity contribution >= 4 is 11.6 Å². The Morgan fingerprint density at radius 3 is 1.92 bits per heavy atom. The molecule has 13 heavy (non-hydrogen) atoms. The molecular weight excluding hydrogens is 203 g/mol.